The molecular weight excluding hydrogens is 284 g/mol. The van der Waals surface area contributed by atoms with Crippen molar-refractivity contribution < 1.29 is 27.7 Å². The lowest BCUT2D eigenvalue weighted by Gasteiger charge is -2.46. The summed E-state index contributed by atoms with van der Waals surface area (Å²) in [7, 11) is 0. The first kappa shape index (κ1) is 6.82. The van der Waals surface area contributed by atoms with E-state index in [0.717, 1.165) is 0 Å². The van der Waals surface area contributed by atoms with Gasteiger partial charge in [0.05, 0.1) is 2.74 Å². The highest BCUT2D eigenvalue weighted by molar-refractivity contribution is 5.53. The predicted molar refractivity (Wildman–Crippen MR) is 95.3 cm³/mol. The Morgan fingerprint density at radius 2 is 2.30 bits per heavy atom. The molecule has 1 aromatic carbocycles. The van der Waals surface area contributed by atoms with Crippen LogP contribution >= 0.6 is 0 Å². The maximum atomic E-state index is 11.1. The highest BCUT2D eigenvalue weighted by Crippen LogP contribution is 2.53. The van der Waals surface area contributed by atoms with Crippen LogP contribution in [0.3, 0.4) is 0 Å². The van der Waals surface area contributed by atoms with E-state index >= 15 is 0 Å². The van der Waals surface area contributed by atoms with Gasteiger partial charge in [-0.2, -0.15) is 0 Å². The van der Waals surface area contributed by atoms with Crippen molar-refractivity contribution in [2.45, 2.75) is 77.5 Å². The van der Waals surface area contributed by atoms with Crippen LogP contribution in [0.15, 0.2) is 23.7 Å². The molecule has 2 aliphatic rings. The summed E-state index contributed by atoms with van der Waals surface area (Å²) < 4.78 is 112. The zero-order valence-electron chi connectivity index (χ0n) is 26.1. The first-order valence-electron chi connectivity index (χ1n) is 14.5. The number of aromatic hydroxyl groups is 1. The molecule has 2 nitrogen and oxygen atoms in total. The van der Waals surface area contributed by atoms with Gasteiger partial charge in [-0.05, 0) is 63.8 Å². The summed E-state index contributed by atoms with van der Waals surface area (Å²) in [6.07, 6.45) is -0.465. The van der Waals surface area contributed by atoms with Crippen LogP contribution in [0.1, 0.15) is 94.4 Å². The summed E-state index contributed by atoms with van der Waals surface area (Å²) in [6, 6.07) is -1.41. The van der Waals surface area contributed by atoms with Gasteiger partial charge in [-0.1, -0.05) is 31.4 Å². The molecule has 2 heteroatoms. The van der Waals surface area contributed by atoms with Crippen LogP contribution in [0.25, 0.3) is 0 Å². The summed E-state index contributed by atoms with van der Waals surface area (Å²) in [5.41, 5.74) is -3.70. The molecule has 0 unspecified atom stereocenters. The van der Waals surface area contributed by atoms with E-state index in [1.807, 2.05) is 6.92 Å². The first-order valence-corrected chi connectivity index (χ1v) is 7.99. The molecule has 23 heavy (non-hydrogen) atoms. The predicted octanol–water partition coefficient (Wildman–Crippen LogP) is 5.74. The minimum atomic E-state index is -3.26. The van der Waals surface area contributed by atoms with Crippen LogP contribution in [-0.2, 0) is 6.37 Å². The molecule has 0 saturated carbocycles. The molecule has 2 atom stereocenters. The number of phenolic OH excluding ortho intramolecular Hbond substituents is 1. The van der Waals surface area contributed by atoms with E-state index in [2.05, 4.69) is 0 Å². The van der Waals surface area contributed by atoms with Crippen molar-refractivity contribution in [3.8, 4) is 11.5 Å². The maximum Gasteiger partial charge on any atom is 0.127 e. The van der Waals surface area contributed by atoms with E-state index < -0.39 is 73.5 Å². The van der Waals surface area contributed by atoms with Crippen molar-refractivity contribution >= 4 is 0 Å². The molecule has 3 rings (SSSR count). The van der Waals surface area contributed by atoms with Crippen LogP contribution in [0.2, 0.25) is 0 Å². The normalized spacial score (nSPS) is 35.7. The lowest BCUT2D eigenvalue weighted by atomic mass is 9.68. The third kappa shape index (κ3) is 3.13. The van der Waals surface area contributed by atoms with Crippen LogP contribution in [0.4, 0.5) is 0 Å². The third-order valence-corrected chi connectivity index (χ3v) is 4.47. The highest BCUT2D eigenvalue weighted by Gasteiger charge is 2.45. The lowest BCUT2D eigenvalue weighted by molar-refractivity contribution is 0.0107. The summed E-state index contributed by atoms with van der Waals surface area (Å²) in [6.45, 7) is -7.25. The summed E-state index contributed by atoms with van der Waals surface area (Å²) in [5.74, 6) is -4.04. The molecule has 126 valence electrons. The number of phenols is 1. The minimum absolute atomic E-state index is 0.0543. The van der Waals surface area contributed by atoms with Crippen LogP contribution in [0.5, 0.6) is 11.5 Å². The van der Waals surface area contributed by atoms with Gasteiger partial charge in [0, 0.05) is 32.5 Å². The van der Waals surface area contributed by atoms with Gasteiger partial charge in [0.25, 0.3) is 0 Å². The largest absolute Gasteiger partial charge is 0.507 e. The van der Waals surface area contributed by atoms with Crippen LogP contribution in [0, 0.1) is 5.92 Å². The summed E-state index contributed by atoms with van der Waals surface area (Å²) in [4.78, 5) is 0. The second-order valence-corrected chi connectivity index (χ2v) is 6.20. The van der Waals surface area contributed by atoms with Crippen LogP contribution in [-0.4, -0.2) is 10.7 Å². The highest BCUT2D eigenvalue weighted by atomic mass is 16.5. The molecule has 1 aliphatic heterocycles. The Morgan fingerprint density at radius 3 is 3.04 bits per heavy atom. The number of unbranched alkanes of at least 4 members (excludes halogenated alkanes) is 1. The molecule has 0 saturated heterocycles. The van der Waals surface area contributed by atoms with Gasteiger partial charge in [0.1, 0.15) is 17.1 Å². The van der Waals surface area contributed by atoms with E-state index in [4.69, 9.17) is 22.6 Å². The van der Waals surface area contributed by atoms with Crippen molar-refractivity contribution in [2.24, 2.45) is 5.92 Å². The lowest BCUT2D eigenvalue weighted by Crippen LogP contribution is -2.45. The Balaban J connectivity index is 2.45. The number of hydrogen-bond donors (Lipinski definition) is 1. The van der Waals surface area contributed by atoms with Crippen molar-refractivity contribution in [1.29, 1.82) is 0 Å². The average Bonchev–Trinajstić information content (AvgIpc) is 2.72. The Kier molecular flexibility index (Phi) is 1.84. The first-order chi connectivity index (χ1) is 16.2. The van der Waals surface area contributed by atoms with E-state index in [0.29, 0.717) is 12.8 Å². The van der Waals surface area contributed by atoms with E-state index in [-0.39, 0.29) is 30.4 Å². The molecule has 0 amide bonds. The van der Waals surface area contributed by atoms with E-state index in [1.165, 1.54) is 6.08 Å². The maximum absolute atomic E-state index is 11.1. The molecule has 1 aromatic rings. The standard InChI is InChI=1S/C21H30O2/c1-5-6-7-8-15-12-18(22)20-16-11-14(2)9-10-17(16)21(3,4)23-19(20)13-15/h11-13,16-17,22H,5-10H2,1-4H3/t16-,17-/m1/s1/i2D3,3D3,4D3,8D2,12D,13D. The topological polar surface area (TPSA) is 29.5 Å². The molecule has 1 N–H and O–H groups in total. The van der Waals surface area contributed by atoms with Gasteiger partial charge in [0.2, 0.25) is 0 Å². The van der Waals surface area contributed by atoms with E-state index in [9.17, 15) is 5.11 Å². The zero-order chi connectivity index (χ0) is 27.6. The Bertz CT molecular complexity index is 1040. The van der Waals surface area contributed by atoms with Crippen molar-refractivity contribution in [3.05, 3.63) is 34.9 Å². The smallest absolute Gasteiger partial charge is 0.127 e. The number of benzene rings is 1. The molecule has 0 spiro atoms. The molecule has 0 radical (unpaired) electrons. The second-order valence-electron chi connectivity index (χ2n) is 6.20. The van der Waals surface area contributed by atoms with Gasteiger partial charge in [0.15, 0.2) is 0 Å². The Labute approximate surface area is 158 Å². The molecule has 0 fully saturated rings. The quantitative estimate of drug-likeness (QED) is 0.715. The zero-order valence-corrected chi connectivity index (χ0v) is 13.1. The Hall–Kier alpha value is -1.44. The summed E-state index contributed by atoms with van der Waals surface area (Å²) >= 11 is 0. The second kappa shape index (κ2) is 6.22. The fourth-order valence-corrected chi connectivity index (χ4v) is 3.26. The van der Waals surface area contributed by atoms with E-state index in [1.54, 1.807) is 0 Å². The van der Waals surface area contributed by atoms with Gasteiger partial charge in [-0.3, -0.25) is 0 Å². The number of allylic oxidation sites excluding steroid dienone is 2. The monoisotopic (exact) mass is 327 g/mol. The van der Waals surface area contributed by atoms with Gasteiger partial charge in [-0.25, -0.2) is 0 Å². The van der Waals surface area contributed by atoms with Crippen molar-refractivity contribution in [1.82, 2.24) is 0 Å². The molecule has 1 heterocycles. The third-order valence-electron chi connectivity index (χ3n) is 4.47. The number of fused-ring (bicyclic) bond motifs is 3. The van der Waals surface area contributed by atoms with Crippen LogP contribution < -0.4 is 4.74 Å². The fraction of sp³-hybridized carbons (Fsp3) is 0.619. The molecule has 1 aliphatic carbocycles. The van der Waals surface area contributed by atoms with Crippen molar-refractivity contribution in [2.75, 3.05) is 0 Å². The average molecular weight is 328 g/mol. The Morgan fingerprint density at radius 1 is 1.43 bits per heavy atom. The SMILES string of the molecule is [2H]c1c(O)c2c(c([2H])c1C([2H])([2H])CCCC)OC(C([2H])([2H])[2H])(C([2H])([2H])[2H])[C@@H]1CCC(C([2H])([2H])[2H])=C[C@@H]21. The minimum Gasteiger partial charge on any atom is -0.507 e. The molecular formula is C21H30O2. The number of hydrogen-bond acceptors (Lipinski definition) is 2. The number of rotatable bonds is 4. The van der Waals surface area contributed by atoms with Gasteiger partial charge >= 0.3 is 0 Å². The fourth-order valence-electron chi connectivity index (χ4n) is 3.26. The van der Waals surface area contributed by atoms with Gasteiger partial charge < -0.3 is 9.84 Å². The van der Waals surface area contributed by atoms with Crippen molar-refractivity contribution in [3.63, 3.8) is 0 Å². The molecule has 0 bridgehead atoms. The number of ether oxygens (including phenoxy) is 1. The molecule has 0 aromatic heterocycles. The van der Waals surface area contributed by atoms with Gasteiger partial charge in [-0.15, -0.1) is 0 Å². The summed E-state index contributed by atoms with van der Waals surface area (Å²) in [5, 5.41) is 11.1.